The van der Waals surface area contributed by atoms with Gasteiger partial charge in [0, 0.05) is 36.1 Å². The molecule has 1 heterocycles. The van der Waals surface area contributed by atoms with Crippen LogP contribution >= 0.6 is 15.9 Å². The molecule has 1 amide bonds. The SMILES string of the molecule is N#CC1(Nc2ccccc2Br)CCN(C=O)CC1. The largest absolute Gasteiger partial charge is 0.366 e. The fourth-order valence-electron chi connectivity index (χ4n) is 2.10. The van der Waals surface area contributed by atoms with Crippen molar-refractivity contribution >= 4 is 28.0 Å². The summed E-state index contributed by atoms with van der Waals surface area (Å²) in [6, 6.07) is 10.1. The number of likely N-dealkylation sites (tertiary alicyclic amines) is 1. The van der Waals surface area contributed by atoms with Gasteiger partial charge in [0.2, 0.25) is 6.41 Å². The smallest absolute Gasteiger partial charge is 0.209 e. The number of carbonyl (C=O) groups excluding carboxylic acids is 1. The summed E-state index contributed by atoms with van der Waals surface area (Å²) in [6.45, 7) is 1.24. The van der Waals surface area contributed by atoms with Crippen LogP contribution in [0.15, 0.2) is 28.7 Å². The normalized spacial score (nSPS) is 17.9. The number of hydrogen-bond acceptors (Lipinski definition) is 3. The molecule has 94 valence electrons. The first-order valence-corrected chi connectivity index (χ1v) is 6.62. The third-order valence-corrected chi connectivity index (χ3v) is 3.95. The highest BCUT2D eigenvalue weighted by Gasteiger charge is 2.34. The molecule has 1 saturated heterocycles. The molecule has 4 nitrogen and oxygen atoms in total. The summed E-state index contributed by atoms with van der Waals surface area (Å²) in [7, 11) is 0. The van der Waals surface area contributed by atoms with Crippen molar-refractivity contribution in [3.05, 3.63) is 28.7 Å². The molecule has 1 aromatic rings. The lowest BCUT2D eigenvalue weighted by molar-refractivity contribution is -0.119. The van der Waals surface area contributed by atoms with Gasteiger partial charge < -0.3 is 10.2 Å². The van der Waals surface area contributed by atoms with Gasteiger partial charge in [0.15, 0.2) is 0 Å². The zero-order valence-corrected chi connectivity index (χ0v) is 11.5. The number of piperidine rings is 1. The van der Waals surface area contributed by atoms with E-state index in [2.05, 4.69) is 27.3 Å². The van der Waals surface area contributed by atoms with E-state index in [1.165, 1.54) is 0 Å². The third-order valence-electron chi connectivity index (χ3n) is 3.26. The first-order valence-electron chi connectivity index (χ1n) is 5.82. The Kier molecular flexibility index (Phi) is 3.87. The van der Waals surface area contributed by atoms with Gasteiger partial charge in [-0.3, -0.25) is 4.79 Å². The minimum Gasteiger partial charge on any atom is -0.366 e. The minimum absolute atomic E-state index is 0.580. The van der Waals surface area contributed by atoms with E-state index < -0.39 is 5.54 Å². The Balaban J connectivity index is 2.13. The molecule has 1 aliphatic heterocycles. The molecule has 0 aliphatic carbocycles. The average Bonchev–Trinajstić information content (AvgIpc) is 2.42. The van der Waals surface area contributed by atoms with E-state index in [4.69, 9.17) is 0 Å². The van der Waals surface area contributed by atoms with E-state index in [1.807, 2.05) is 24.3 Å². The van der Waals surface area contributed by atoms with E-state index in [1.54, 1.807) is 4.90 Å². The third kappa shape index (κ3) is 2.65. The summed E-state index contributed by atoms with van der Waals surface area (Å²) >= 11 is 3.46. The molecule has 2 rings (SSSR count). The number of nitriles is 1. The Morgan fingerprint density at radius 3 is 2.61 bits per heavy atom. The molecular weight excluding hydrogens is 294 g/mol. The molecule has 0 atom stereocenters. The standard InChI is InChI=1S/C13H14BrN3O/c14-11-3-1-2-4-12(11)16-13(9-15)5-7-17(10-18)8-6-13/h1-4,10,16H,5-8H2. The fourth-order valence-corrected chi connectivity index (χ4v) is 2.48. The molecule has 5 heteroatoms. The van der Waals surface area contributed by atoms with E-state index >= 15 is 0 Å². The van der Waals surface area contributed by atoms with Crippen LogP contribution < -0.4 is 5.32 Å². The topological polar surface area (TPSA) is 56.1 Å². The zero-order chi connectivity index (χ0) is 13.0. The molecule has 0 saturated carbocycles. The van der Waals surface area contributed by atoms with Gasteiger partial charge in [-0.15, -0.1) is 0 Å². The second-order valence-electron chi connectivity index (χ2n) is 4.44. The summed E-state index contributed by atoms with van der Waals surface area (Å²) < 4.78 is 0.942. The van der Waals surface area contributed by atoms with Crippen molar-refractivity contribution in [3.63, 3.8) is 0 Å². The Bertz CT molecular complexity index is 475. The zero-order valence-electron chi connectivity index (χ0n) is 9.90. The van der Waals surface area contributed by atoms with Crippen molar-refractivity contribution < 1.29 is 4.79 Å². The summed E-state index contributed by atoms with van der Waals surface area (Å²) in [5, 5.41) is 12.7. The lowest BCUT2D eigenvalue weighted by Crippen LogP contribution is -2.48. The lowest BCUT2D eigenvalue weighted by Gasteiger charge is -2.37. The van der Waals surface area contributed by atoms with Crippen LogP contribution in [0.1, 0.15) is 12.8 Å². The number of nitrogens with zero attached hydrogens (tertiary/aromatic N) is 2. The maximum atomic E-state index is 10.7. The quantitative estimate of drug-likeness (QED) is 0.872. The molecule has 1 N–H and O–H groups in total. The molecule has 0 spiro atoms. The van der Waals surface area contributed by atoms with Gasteiger partial charge in [-0.05, 0) is 28.1 Å². The van der Waals surface area contributed by atoms with Crippen molar-refractivity contribution in [2.45, 2.75) is 18.4 Å². The van der Waals surface area contributed by atoms with Crippen molar-refractivity contribution in [1.82, 2.24) is 4.90 Å². The Labute approximate surface area is 115 Å². The molecule has 0 unspecified atom stereocenters. The van der Waals surface area contributed by atoms with Crippen LogP contribution in [0.25, 0.3) is 0 Å². The van der Waals surface area contributed by atoms with Gasteiger partial charge in [-0.25, -0.2) is 0 Å². The lowest BCUT2D eigenvalue weighted by atomic mass is 9.89. The van der Waals surface area contributed by atoms with Crippen LogP contribution in [0.5, 0.6) is 0 Å². The minimum atomic E-state index is -0.580. The van der Waals surface area contributed by atoms with Crippen molar-refractivity contribution in [1.29, 1.82) is 5.26 Å². The molecule has 1 aromatic carbocycles. The van der Waals surface area contributed by atoms with Gasteiger partial charge >= 0.3 is 0 Å². The average molecular weight is 308 g/mol. The molecule has 0 radical (unpaired) electrons. The molecule has 1 fully saturated rings. The highest BCUT2D eigenvalue weighted by atomic mass is 79.9. The predicted molar refractivity (Wildman–Crippen MR) is 73.0 cm³/mol. The molecule has 18 heavy (non-hydrogen) atoms. The van der Waals surface area contributed by atoms with Crippen molar-refractivity contribution in [2.75, 3.05) is 18.4 Å². The summed E-state index contributed by atoms with van der Waals surface area (Å²) in [4.78, 5) is 12.4. The van der Waals surface area contributed by atoms with Crippen LogP contribution in [-0.4, -0.2) is 29.9 Å². The first-order chi connectivity index (χ1) is 8.69. The number of amides is 1. The highest BCUT2D eigenvalue weighted by Crippen LogP contribution is 2.30. The van der Waals surface area contributed by atoms with E-state index in [0.717, 1.165) is 16.6 Å². The van der Waals surface area contributed by atoms with Gasteiger partial charge in [-0.2, -0.15) is 5.26 Å². The molecule has 0 bridgehead atoms. The number of carbonyl (C=O) groups is 1. The number of hydrogen-bond donors (Lipinski definition) is 1. The number of nitrogens with one attached hydrogen (secondary N) is 1. The second-order valence-corrected chi connectivity index (χ2v) is 5.29. The van der Waals surface area contributed by atoms with Crippen LogP contribution in [0.2, 0.25) is 0 Å². The maximum absolute atomic E-state index is 10.7. The van der Waals surface area contributed by atoms with E-state index in [0.29, 0.717) is 25.9 Å². The van der Waals surface area contributed by atoms with Gasteiger partial charge in [0.05, 0.1) is 6.07 Å². The highest BCUT2D eigenvalue weighted by molar-refractivity contribution is 9.10. The summed E-state index contributed by atoms with van der Waals surface area (Å²) in [5.41, 5.74) is 0.335. The summed E-state index contributed by atoms with van der Waals surface area (Å²) in [6.07, 6.45) is 2.13. The Hall–Kier alpha value is -1.54. The van der Waals surface area contributed by atoms with Crippen LogP contribution in [-0.2, 0) is 4.79 Å². The summed E-state index contributed by atoms with van der Waals surface area (Å²) in [5.74, 6) is 0. The van der Waals surface area contributed by atoms with E-state index in [9.17, 15) is 10.1 Å². The first kappa shape index (κ1) is 12.9. The molecule has 0 aromatic heterocycles. The number of benzene rings is 1. The molecular formula is C13H14BrN3O. The Morgan fingerprint density at radius 2 is 2.06 bits per heavy atom. The van der Waals surface area contributed by atoms with Gasteiger partial charge in [0.25, 0.3) is 0 Å². The van der Waals surface area contributed by atoms with Crippen LogP contribution in [0.4, 0.5) is 5.69 Å². The number of anilines is 1. The second kappa shape index (κ2) is 5.40. The van der Waals surface area contributed by atoms with Gasteiger partial charge in [0.1, 0.15) is 5.54 Å². The number of para-hydroxylation sites is 1. The number of halogens is 1. The monoisotopic (exact) mass is 307 g/mol. The fraction of sp³-hybridized carbons (Fsp3) is 0.385. The van der Waals surface area contributed by atoms with Crippen LogP contribution in [0.3, 0.4) is 0 Å². The molecule has 1 aliphatic rings. The van der Waals surface area contributed by atoms with E-state index in [-0.39, 0.29) is 0 Å². The van der Waals surface area contributed by atoms with Gasteiger partial charge in [-0.1, -0.05) is 12.1 Å². The van der Waals surface area contributed by atoms with Crippen molar-refractivity contribution in [2.24, 2.45) is 0 Å². The number of rotatable bonds is 3. The Morgan fingerprint density at radius 1 is 1.39 bits per heavy atom. The predicted octanol–water partition coefficient (Wildman–Crippen LogP) is 2.38. The maximum Gasteiger partial charge on any atom is 0.209 e. The van der Waals surface area contributed by atoms with Crippen molar-refractivity contribution in [3.8, 4) is 6.07 Å². The van der Waals surface area contributed by atoms with Crippen LogP contribution in [0, 0.1) is 11.3 Å².